The molecule has 30 heavy (non-hydrogen) atoms. The summed E-state index contributed by atoms with van der Waals surface area (Å²) in [6, 6.07) is 15.8. The van der Waals surface area contributed by atoms with Gasteiger partial charge in [-0.15, -0.1) is 0 Å². The van der Waals surface area contributed by atoms with Gasteiger partial charge in [0.2, 0.25) is 5.91 Å². The summed E-state index contributed by atoms with van der Waals surface area (Å²) in [5, 5.41) is 4.98. The van der Waals surface area contributed by atoms with Crippen LogP contribution in [0.3, 0.4) is 0 Å². The number of methoxy groups -OCH3 is 1. The van der Waals surface area contributed by atoms with Crippen molar-refractivity contribution in [3.63, 3.8) is 0 Å². The molecule has 2 aromatic carbocycles. The Bertz CT molecular complexity index is 1220. The second-order valence-electron chi connectivity index (χ2n) is 7.31. The molecule has 0 radical (unpaired) electrons. The van der Waals surface area contributed by atoms with Crippen LogP contribution in [0.5, 0.6) is 5.75 Å². The van der Waals surface area contributed by atoms with Crippen molar-refractivity contribution in [2.45, 2.75) is 26.4 Å². The number of carbonyl (C=O) groups excluding carboxylic acids is 2. The van der Waals surface area contributed by atoms with Crippen LogP contribution < -0.4 is 10.1 Å². The molecule has 0 atom stereocenters. The number of nitrogens with one attached hydrogen (secondary N) is 1. The first-order valence-corrected chi connectivity index (χ1v) is 10.1. The van der Waals surface area contributed by atoms with E-state index in [1.54, 1.807) is 14.0 Å². The third-order valence-electron chi connectivity index (χ3n) is 5.42. The molecule has 4 rings (SSSR count). The van der Waals surface area contributed by atoms with Crippen LogP contribution in [0.2, 0.25) is 0 Å². The average molecular weight is 403 g/mol. The molecule has 0 aliphatic rings. The second kappa shape index (κ2) is 8.45. The Morgan fingerprint density at radius 2 is 1.70 bits per heavy atom. The summed E-state index contributed by atoms with van der Waals surface area (Å²) in [6.07, 6.45) is 4.21. The van der Waals surface area contributed by atoms with Crippen molar-refractivity contribution in [3.8, 4) is 5.75 Å². The summed E-state index contributed by atoms with van der Waals surface area (Å²) in [5.41, 5.74) is 2.75. The normalized spacial score (nSPS) is 11.1. The molecule has 6 heteroatoms. The maximum atomic E-state index is 12.4. The number of ketones is 1. The maximum absolute atomic E-state index is 12.4. The first kappa shape index (κ1) is 19.8. The van der Waals surface area contributed by atoms with Crippen LogP contribution in [0.15, 0.2) is 60.9 Å². The average Bonchev–Trinajstić information content (AvgIpc) is 3.34. The molecule has 0 unspecified atom stereocenters. The van der Waals surface area contributed by atoms with E-state index in [1.165, 1.54) is 0 Å². The highest BCUT2D eigenvalue weighted by Crippen LogP contribution is 2.26. The van der Waals surface area contributed by atoms with Crippen molar-refractivity contribution in [2.24, 2.45) is 0 Å². The van der Waals surface area contributed by atoms with E-state index in [2.05, 4.69) is 9.88 Å². The Hall–Kier alpha value is -3.54. The summed E-state index contributed by atoms with van der Waals surface area (Å²) in [5.74, 6) is 0.871. The van der Waals surface area contributed by atoms with E-state index < -0.39 is 0 Å². The zero-order valence-corrected chi connectivity index (χ0v) is 17.2. The third kappa shape index (κ3) is 3.81. The van der Waals surface area contributed by atoms with Crippen molar-refractivity contribution in [3.05, 3.63) is 66.5 Å². The topological polar surface area (TPSA) is 65.3 Å². The summed E-state index contributed by atoms with van der Waals surface area (Å²) >= 11 is 0. The van der Waals surface area contributed by atoms with Crippen LogP contribution in [0, 0.1) is 0 Å². The molecule has 0 spiro atoms. The van der Waals surface area contributed by atoms with Crippen molar-refractivity contribution >= 4 is 33.5 Å². The Morgan fingerprint density at radius 1 is 0.933 bits per heavy atom. The third-order valence-corrected chi connectivity index (χ3v) is 5.42. The number of aromatic nitrogens is 2. The monoisotopic (exact) mass is 403 g/mol. The predicted octanol–water partition coefficient (Wildman–Crippen LogP) is 4.01. The van der Waals surface area contributed by atoms with Gasteiger partial charge >= 0.3 is 0 Å². The molecule has 154 valence electrons. The summed E-state index contributed by atoms with van der Waals surface area (Å²) in [7, 11) is 1.67. The van der Waals surface area contributed by atoms with Gasteiger partial charge in [0.15, 0.2) is 5.78 Å². The lowest BCUT2D eigenvalue weighted by atomic mass is 10.1. The fraction of sp³-hybridized carbons (Fsp3) is 0.250. The Kier molecular flexibility index (Phi) is 5.57. The van der Waals surface area contributed by atoms with E-state index in [-0.39, 0.29) is 11.7 Å². The van der Waals surface area contributed by atoms with E-state index in [0.29, 0.717) is 31.6 Å². The van der Waals surface area contributed by atoms with Gasteiger partial charge in [-0.05, 0) is 31.2 Å². The summed E-state index contributed by atoms with van der Waals surface area (Å²) in [4.78, 5) is 24.3. The van der Waals surface area contributed by atoms with Crippen LogP contribution in [0.25, 0.3) is 21.8 Å². The van der Waals surface area contributed by atoms with Gasteiger partial charge in [0.1, 0.15) is 5.75 Å². The lowest BCUT2D eigenvalue weighted by molar-refractivity contribution is -0.121. The minimum absolute atomic E-state index is 0.00815. The van der Waals surface area contributed by atoms with Gasteiger partial charge in [-0.3, -0.25) is 9.59 Å². The van der Waals surface area contributed by atoms with Crippen molar-refractivity contribution in [1.82, 2.24) is 14.5 Å². The van der Waals surface area contributed by atoms with Crippen molar-refractivity contribution in [1.29, 1.82) is 0 Å². The first-order valence-electron chi connectivity index (χ1n) is 10.1. The molecule has 1 N–H and O–H groups in total. The number of ether oxygens (including phenoxy) is 1. The second-order valence-corrected chi connectivity index (χ2v) is 7.31. The van der Waals surface area contributed by atoms with Gasteiger partial charge in [0.05, 0.1) is 12.6 Å². The highest BCUT2D eigenvalue weighted by Gasteiger charge is 2.12. The van der Waals surface area contributed by atoms with Crippen molar-refractivity contribution < 1.29 is 14.3 Å². The number of amides is 1. The van der Waals surface area contributed by atoms with Gasteiger partial charge in [-0.25, -0.2) is 0 Å². The van der Waals surface area contributed by atoms with Gasteiger partial charge in [0, 0.05) is 60.3 Å². The standard InChI is InChI=1S/C24H25N3O3/c1-17(28)20-16-27(21-7-4-3-6-18(20)21)14-11-24(29)25-12-15-26-13-10-19-22(26)8-5-9-23(19)30-2/h3-10,13,16H,11-12,14-15H2,1-2H3,(H,25,29). The Labute approximate surface area is 175 Å². The lowest BCUT2D eigenvalue weighted by Gasteiger charge is -2.09. The molecule has 0 saturated carbocycles. The van der Waals surface area contributed by atoms with Crippen LogP contribution in [-0.4, -0.2) is 34.5 Å². The number of benzene rings is 2. The minimum Gasteiger partial charge on any atom is -0.496 e. The van der Waals surface area contributed by atoms with Gasteiger partial charge in [-0.1, -0.05) is 24.3 Å². The van der Waals surface area contributed by atoms with Crippen LogP contribution in [-0.2, 0) is 17.9 Å². The number of hydrogen-bond donors (Lipinski definition) is 1. The number of nitrogens with zero attached hydrogens (tertiary/aromatic N) is 2. The number of fused-ring (bicyclic) bond motifs is 2. The molecular weight excluding hydrogens is 378 g/mol. The Morgan fingerprint density at radius 3 is 2.50 bits per heavy atom. The number of rotatable bonds is 8. The molecule has 6 nitrogen and oxygen atoms in total. The van der Waals surface area contributed by atoms with E-state index >= 15 is 0 Å². The summed E-state index contributed by atoms with van der Waals surface area (Å²) in [6.45, 7) is 3.33. The maximum Gasteiger partial charge on any atom is 0.221 e. The minimum atomic E-state index is -0.00815. The quantitative estimate of drug-likeness (QED) is 0.452. The molecule has 0 aliphatic heterocycles. The van der Waals surface area contributed by atoms with E-state index in [4.69, 9.17) is 4.74 Å². The molecule has 4 aromatic rings. The first-order chi connectivity index (χ1) is 14.6. The highest BCUT2D eigenvalue weighted by molar-refractivity contribution is 6.07. The number of carbonyl (C=O) groups is 2. The SMILES string of the molecule is COc1cccc2c1ccn2CCNC(=O)CCn1cc(C(C)=O)c2ccccc21. The van der Waals surface area contributed by atoms with Gasteiger partial charge < -0.3 is 19.2 Å². The molecular formula is C24H25N3O3. The molecule has 0 bridgehead atoms. The zero-order chi connectivity index (χ0) is 21.1. The molecule has 2 heterocycles. The van der Waals surface area contributed by atoms with Gasteiger partial charge in [-0.2, -0.15) is 0 Å². The highest BCUT2D eigenvalue weighted by atomic mass is 16.5. The van der Waals surface area contributed by atoms with Crippen molar-refractivity contribution in [2.75, 3.05) is 13.7 Å². The zero-order valence-electron chi connectivity index (χ0n) is 17.2. The molecule has 1 amide bonds. The van der Waals surface area contributed by atoms with E-state index in [0.717, 1.165) is 27.6 Å². The number of hydrogen-bond acceptors (Lipinski definition) is 3. The number of Topliss-reactive ketones (excluding diaryl/α,β-unsaturated/α-hetero) is 1. The fourth-order valence-corrected chi connectivity index (χ4v) is 3.91. The molecule has 0 aliphatic carbocycles. The van der Waals surface area contributed by atoms with Crippen LogP contribution in [0.4, 0.5) is 0 Å². The summed E-state index contributed by atoms with van der Waals surface area (Å²) < 4.78 is 9.49. The molecule has 0 saturated heterocycles. The molecule has 2 aromatic heterocycles. The van der Waals surface area contributed by atoms with E-state index in [1.807, 2.05) is 65.5 Å². The smallest absolute Gasteiger partial charge is 0.221 e. The van der Waals surface area contributed by atoms with Gasteiger partial charge in [0.25, 0.3) is 0 Å². The lowest BCUT2D eigenvalue weighted by Crippen LogP contribution is -2.27. The number of aryl methyl sites for hydroxylation is 1. The largest absolute Gasteiger partial charge is 0.496 e. The Balaban J connectivity index is 1.35. The van der Waals surface area contributed by atoms with Crippen LogP contribution >= 0.6 is 0 Å². The van der Waals surface area contributed by atoms with E-state index in [9.17, 15) is 9.59 Å². The fourth-order valence-electron chi connectivity index (χ4n) is 3.91. The van der Waals surface area contributed by atoms with Crippen LogP contribution in [0.1, 0.15) is 23.7 Å². The number of para-hydroxylation sites is 1. The predicted molar refractivity (Wildman–Crippen MR) is 118 cm³/mol. The molecule has 0 fully saturated rings.